The molecule has 21 heavy (non-hydrogen) atoms. The van der Waals surface area contributed by atoms with Crippen LogP contribution < -0.4 is 5.32 Å². The van der Waals surface area contributed by atoms with Gasteiger partial charge in [0.05, 0.1) is 18.0 Å². The molecule has 1 N–H and O–H groups in total. The Morgan fingerprint density at radius 1 is 1.29 bits per heavy atom. The number of hydrogen-bond acceptors (Lipinski definition) is 5. The van der Waals surface area contributed by atoms with Crippen molar-refractivity contribution in [1.29, 1.82) is 0 Å². The van der Waals surface area contributed by atoms with Gasteiger partial charge in [0, 0.05) is 24.7 Å². The van der Waals surface area contributed by atoms with E-state index in [0.717, 1.165) is 31.2 Å². The van der Waals surface area contributed by atoms with E-state index in [9.17, 15) is 14.9 Å². The smallest absolute Gasteiger partial charge is 0.308 e. The predicted octanol–water partition coefficient (Wildman–Crippen LogP) is 2.42. The van der Waals surface area contributed by atoms with Gasteiger partial charge < -0.3 is 10.1 Å². The number of rotatable bonds is 5. The maximum atomic E-state index is 11.4. The van der Waals surface area contributed by atoms with E-state index in [0.29, 0.717) is 12.6 Å². The fourth-order valence-electron chi connectivity index (χ4n) is 2.70. The minimum absolute atomic E-state index is 0.0347. The molecule has 1 fully saturated rings. The molecule has 0 bridgehead atoms. The summed E-state index contributed by atoms with van der Waals surface area (Å²) >= 11 is 0. The maximum absolute atomic E-state index is 11.4. The van der Waals surface area contributed by atoms with E-state index in [2.05, 4.69) is 5.32 Å². The summed E-state index contributed by atoms with van der Waals surface area (Å²) in [5.74, 6) is -0.0729. The lowest BCUT2D eigenvalue weighted by atomic mass is 9.86. The number of benzene rings is 1. The maximum Gasteiger partial charge on any atom is 0.308 e. The molecule has 0 atom stereocenters. The first kappa shape index (κ1) is 15.4. The highest BCUT2D eigenvalue weighted by Gasteiger charge is 2.26. The summed E-state index contributed by atoms with van der Waals surface area (Å²) in [4.78, 5) is 21.6. The lowest BCUT2D eigenvalue weighted by Gasteiger charge is -2.27. The summed E-state index contributed by atoms with van der Waals surface area (Å²) in [6.07, 6.45) is 3.61. The molecule has 6 heteroatoms. The van der Waals surface area contributed by atoms with E-state index in [1.54, 1.807) is 12.1 Å². The largest absolute Gasteiger partial charge is 0.469 e. The Hall–Kier alpha value is -1.95. The number of ether oxygens (including phenoxy) is 1. The Kier molecular flexibility index (Phi) is 5.27. The van der Waals surface area contributed by atoms with Crippen molar-refractivity contribution in [3.63, 3.8) is 0 Å². The molecule has 0 heterocycles. The highest BCUT2D eigenvalue weighted by molar-refractivity contribution is 5.72. The molecule has 1 aromatic carbocycles. The molecule has 1 saturated carbocycles. The second-order valence-electron chi connectivity index (χ2n) is 5.38. The number of nitrogens with one attached hydrogen (secondary N) is 1. The van der Waals surface area contributed by atoms with Gasteiger partial charge in [0.1, 0.15) is 0 Å². The molecule has 1 aromatic rings. The summed E-state index contributed by atoms with van der Waals surface area (Å²) in [6, 6.07) is 6.97. The van der Waals surface area contributed by atoms with Gasteiger partial charge in [-0.1, -0.05) is 12.1 Å². The number of esters is 1. The van der Waals surface area contributed by atoms with Crippen LogP contribution in [-0.4, -0.2) is 24.0 Å². The van der Waals surface area contributed by atoms with Gasteiger partial charge in [0.25, 0.3) is 5.69 Å². The molecule has 0 amide bonds. The van der Waals surface area contributed by atoms with Crippen LogP contribution in [0.4, 0.5) is 5.69 Å². The van der Waals surface area contributed by atoms with Crippen molar-refractivity contribution in [2.24, 2.45) is 5.92 Å². The van der Waals surface area contributed by atoms with Crippen LogP contribution in [0.3, 0.4) is 0 Å². The Balaban J connectivity index is 1.77. The van der Waals surface area contributed by atoms with Gasteiger partial charge in [0.2, 0.25) is 0 Å². The molecule has 6 nitrogen and oxygen atoms in total. The van der Waals surface area contributed by atoms with Crippen molar-refractivity contribution in [2.45, 2.75) is 38.3 Å². The van der Waals surface area contributed by atoms with Crippen molar-refractivity contribution < 1.29 is 14.5 Å². The molecule has 0 aromatic heterocycles. The minimum atomic E-state index is -0.398. The van der Waals surface area contributed by atoms with E-state index in [1.165, 1.54) is 19.2 Å². The number of carbonyl (C=O) groups is 1. The third-order valence-electron chi connectivity index (χ3n) is 4.00. The fraction of sp³-hybridized carbons (Fsp3) is 0.533. The quantitative estimate of drug-likeness (QED) is 0.512. The van der Waals surface area contributed by atoms with Gasteiger partial charge in [0.15, 0.2) is 0 Å². The molecule has 0 saturated heterocycles. The Bertz CT molecular complexity index is 493. The van der Waals surface area contributed by atoms with Gasteiger partial charge in [-0.2, -0.15) is 0 Å². The van der Waals surface area contributed by atoms with Crippen LogP contribution in [0.15, 0.2) is 24.3 Å². The van der Waals surface area contributed by atoms with E-state index in [1.807, 2.05) is 0 Å². The summed E-state index contributed by atoms with van der Waals surface area (Å²) in [5, 5.41) is 14.0. The van der Waals surface area contributed by atoms with Crippen LogP contribution in [0, 0.1) is 16.0 Å². The Morgan fingerprint density at radius 3 is 2.43 bits per heavy atom. The number of nitro groups is 1. The molecule has 114 valence electrons. The van der Waals surface area contributed by atoms with Gasteiger partial charge in [-0.25, -0.2) is 0 Å². The number of nitrogens with zero attached hydrogens (tertiary/aromatic N) is 1. The highest BCUT2D eigenvalue weighted by Crippen LogP contribution is 2.25. The van der Waals surface area contributed by atoms with Crippen LogP contribution in [0.5, 0.6) is 0 Å². The lowest BCUT2D eigenvalue weighted by molar-refractivity contribution is -0.384. The fourth-order valence-corrected chi connectivity index (χ4v) is 2.70. The van der Waals surface area contributed by atoms with Crippen molar-refractivity contribution in [1.82, 2.24) is 5.32 Å². The predicted molar refractivity (Wildman–Crippen MR) is 77.7 cm³/mol. The number of carbonyl (C=O) groups excluding carboxylic acids is 1. The summed E-state index contributed by atoms with van der Waals surface area (Å²) in [5.41, 5.74) is 1.13. The van der Waals surface area contributed by atoms with E-state index in [4.69, 9.17) is 4.74 Å². The van der Waals surface area contributed by atoms with Crippen molar-refractivity contribution >= 4 is 11.7 Å². The summed E-state index contributed by atoms with van der Waals surface area (Å²) < 4.78 is 4.77. The average molecular weight is 292 g/mol. The SMILES string of the molecule is COC(=O)C1CCC(NCc2ccc([N+](=O)[O-])cc2)CC1. The standard InChI is InChI=1S/C15H20N2O4/c1-21-15(18)12-4-6-13(7-5-12)16-10-11-2-8-14(9-3-11)17(19)20/h2-3,8-9,12-13,16H,4-7,10H2,1H3. The van der Waals surface area contributed by atoms with Gasteiger partial charge in [-0.05, 0) is 31.2 Å². The van der Waals surface area contributed by atoms with Crippen LogP contribution in [-0.2, 0) is 16.1 Å². The highest BCUT2D eigenvalue weighted by atomic mass is 16.6. The van der Waals surface area contributed by atoms with Crippen molar-refractivity contribution in [2.75, 3.05) is 7.11 Å². The first-order chi connectivity index (χ1) is 10.1. The monoisotopic (exact) mass is 292 g/mol. The van der Waals surface area contributed by atoms with E-state index < -0.39 is 4.92 Å². The topological polar surface area (TPSA) is 81.5 Å². The second-order valence-corrected chi connectivity index (χ2v) is 5.38. The molecular weight excluding hydrogens is 272 g/mol. The first-order valence-electron chi connectivity index (χ1n) is 7.14. The molecular formula is C15H20N2O4. The molecule has 0 unspecified atom stereocenters. The minimum Gasteiger partial charge on any atom is -0.469 e. The zero-order valence-electron chi connectivity index (χ0n) is 12.1. The molecule has 1 aliphatic carbocycles. The molecule has 0 spiro atoms. The normalized spacial score (nSPS) is 21.8. The van der Waals surface area contributed by atoms with Gasteiger partial charge in [-0.3, -0.25) is 14.9 Å². The molecule has 0 aliphatic heterocycles. The Labute approximate surface area is 123 Å². The zero-order valence-corrected chi connectivity index (χ0v) is 12.1. The molecule has 2 rings (SSSR count). The Morgan fingerprint density at radius 2 is 1.90 bits per heavy atom. The van der Waals surface area contributed by atoms with E-state index >= 15 is 0 Å². The van der Waals surface area contributed by atoms with Crippen LogP contribution >= 0.6 is 0 Å². The van der Waals surface area contributed by atoms with Gasteiger partial charge >= 0.3 is 5.97 Å². The van der Waals surface area contributed by atoms with Crippen molar-refractivity contribution in [3.05, 3.63) is 39.9 Å². The molecule has 0 radical (unpaired) electrons. The van der Waals surface area contributed by atoms with Crippen molar-refractivity contribution in [3.8, 4) is 0 Å². The van der Waals surface area contributed by atoms with Crippen LogP contribution in [0.1, 0.15) is 31.2 Å². The third-order valence-corrected chi connectivity index (χ3v) is 4.00. The number of non-ortho nitro benzene ring substituents is 1. The second kappa shape index (κ2) is 7.17. The average Bonchev–Trinajstić information content (AvgIpc) is 2.53. The molecule has 1 aliphatic rings. The number of nitro benzene ring substituents is 1. The summed E-state index contributed by atoms with van der Waals surface area (Å²) in [6.45, 7) is 0.686. The summed E-state index contributed by atoms with van der Waals surface area (Å²) in [7, 11) is 1.43. The lowest BCUT2D eigenvalue weighted by Crippen LogP contribution is -2.34. The number of methoxy groups -OCH3 is 1. The van der Waals surface area contributed by atoms with Crippen LogP contribution in [0.25, 0.3) is 0 Å². The van der Waals surface area contributed by atoms with Gasteiger partial charge in [-0.15, -0.1) is 0 Å². The van der Waals surface area contributed by atoms with E-state index in [-0.39, 0.29) is 17.6 Å². The third kappa shape index (κ3) is 4.26. The first-order valence-corrected chi connectivity index (χ1v) is 7.14. The number of hydrogen-bond donors (Lipinski definition) is 1. The zero-order chi connectivity index (χ0) is 15.2. The van der Waals surface area contributed by atoms with Crippen LogP contribution in [0.2, 0.25) is 0 Å².